The molecule has 136 valence electrons. The van der Waals surface area contributed by atoms with Crippen LogP contribution in [-0.4, -0.2) is 19.9 Å². The van der Waals surface area contributed by atoms with Gasteiger partial charge < -0.3 is 34.8 Å². The van der Waals surface area contributed by atoms with Crippen LogP contribution in [0.15, 0.2) is 72.8 Å². The third kappa shape index (κ3) is 4.12. The summed E-state index contributed by atoms with van der Waals surface area (Å²) in [5, 5.41) is 0. The van der Waals surface area contributed by atoms with Gasteiger partial charge in [0.05, 0.1) is 22.1 Å². The number of imidazole rings is 2. The fourth-order valence-corrected chi connectivity index (χ4v) is 3.26. The van der Waals surface area contributed by atoms with Gasteiger partial charge in [0.1, 0.15) is 11.6 Å². The summed E-state index contributed by atoms with van der Waals surface area (Å²) in [7, 11) is 0. The number of rotatable bonds is 3. The predicted molar refractivity (Wildman–Crippen MR) is 100 cm³/mol. The summed E-state index contributed by atoms with van der Waals surface area (Å²) in [5.74, 6) is 1.86. The van der Waals surface area contributed by atoms with Crippen molar-refractivity contribution >= 4 is 22.1 Å². The molecule has 2 heterocycles. The molecular formula is C21H16Cl2N4Zn. The molecule has 2 N–H and O–H groups in total. The second-order valence-electron chi connectivity index (χ2n) is 6.14. The summed E-state index contributed by atoms with van der Waals surface area (Å²) < 4.78 is 0. The first-order valence-electron chi connectivity index (χ1n) is 8.33. The standard InChI is InChI=1S/C21H16N4.2ClH.Zn/c1-2-8-15(21-24-18-11-5-6-12-19(18)25-21)14(7-1)13-20-22-16-9-3-4-10-17(16)23-20;;;/h1-12H,13H2,(H,22,23)(H,24,25);2*1H;/q;;;+2/p-2. The van der Waals surface area contributed by atoms with Gasteiger partial charge in [-0.2, -0.15) is 0 Å². The zero-order chi connectivity index (χ0) is 16.6. The Kier molecular flexibility index (Phi) is 7.37. The van der Waals surface area contributed by atoms with Crippen LogP contribution in [0.4, 0.5) is 0 Å². The largest absolute Gasteiger partial charge is 2.00 e. The molecule has 5 aromatic rings. The van der Waals surface area contributed by atoms with Crippen LogP contribution < -0.4 is 24.8 Å². The molecule has 0 aliphatic heterocycles. The van der Waals surface area contributed by atoms with Crippen LogP contribution in [0.3, 0.4) is 0 Å². The van der Waals surface area contributed by atoms with E-state index in [0.29, 0.717) is 0 Å². The molecule has 0 spiro atoms. The Bertz CT molecular complexity index is 1130. The zero-order valence-electron chi connectivity index (χ0n) is 15.0. The van der Waals surface area contributed by atoms with Gasteiger partial charge in [-0.3, -0.25) is 0 Å². The van der Waals surface area contributed by atoms with E-state index in [0.717, 1.165) is 45.7 Å². The van der Waals surface area contributed by atoms with Gasteiger partial charge in [-0.1, -0.05) is 48.5 Å². The summed E-state index contributed by atoms with van der Waals surface area (Å²) in [6.45, 7) is 0. The first-order valence-corrected chi connectivity index (χ1v) is 8.33. The van der Waals surface area contributed by atoms with Crippen molar-refractivity contribution in [3.63, 3.8) is 0 Å². The van der Waals surface area contributed by atoms with E-state index in [1.54, 1.807) is 0 Å². The fourth-order valence-electron chi connectivity index (χ4n) is 3.26. The molecule has 0 aliphatic rings. The number of H-pyrrole nitrogens is 2. The maximum Gasteiger partial charge on any atom is 2.00 e. The van der Waals surface area contributed by atoms with Crippen LogP contribution in [0.2, 0.25) is 0 Å². The Labute approximate surface area is 187 Å². The van der Waals surface area contributed by atoms with Crippen molar-refractivity contribution in [1.29, 1.82) is 0 Å². The third-order valence-electron chi connectivity index (χ3n) is 4.46. The van der Waals surface area contributed by atoms with Gasteiger partial charge in [0.2, 0.25) is 0 Å². The number of fused-ring (bicyclic) bond motifs is 2. The molecule has 0 bridgehead atoms. The number of nitrogens with zero attached hydrogens (tertiary/aromatic N) is 2. The molecule has 2 aromatic heterocycles. The molecule has 0 unspecified atom stereocenters. The second kappa shape index (κ2) is 9.33. The van der Waals surface area contributed by atoms with Crippen molar-refractivity contribution in [2.24, 2.45) is 0 Å². The SMILES string of the molecule is [Cl-].[Cl-].[Zn+2].c1ccc(-c2nc3ccccc3[nH]2)c(Cc2nc3ccccc3[nH]2)c1. The van der Waals surface area contributed by atoms with Crippen molar-refractivity contribution in [2.45, 2.75) is 6.42 Å². The summed E-state index contributed by atoms with van der Waals surface area (Å²) in [4.78, 5) is 16.3. The summed E-state index contributed by atoms with van der Waals surface area (Å²) in [6.07, 6.45) is 0.738. The zero-order valence-corrected chi connectivity index (χ0v) is 19.5. The van der Waals surface area contributed by atoms with Gasteiger partial charge in [-0.25, -0.2) is 9.97 Å². The molecule has 0 aliphatic carbocycles. The van der Waals surface area contributed by atoms with Gasteiger partial charge in [-0.15, -0.1) is 0 Å². The van der Waals surface area contributed by atoms with Crippen molar-refractivity contribution in [2.75, 3.05) is 0 Å². The van der Waals surface area contributed by atoms with E-state index in [1.807, 2.05) is 48.5 Å². The van der Waals surface area contributed by atoms with Crippen LogP contribution in [0.1, 0.15) is 11.4 Å². The normalized spacial score (nSPS) is 10.1. The number of nitrogens with one attached hydrogen (secondary N) is 2. The monoisotopic (exact) mass is 458 g/mol. The molecule has 0 atom stereocenters. The molecule has 7 heteroatoms. The van der Waals surface area contributed by atoms with Crippen LogP contribution in [-0.2, 0) is 25.9 Å². The number of aromatic amines is 2. The van der Waals surface area contributed by atoms with Gasteiger partial charge >= 0.3 is 19.5 Å². The minimum atomic E-state index is 0. The molecule has 0 fully saturated rings. The number of hydrogen-bond donors (Lipinski definition) is 2. The third-order valence-corrected chi connectivity index (χ3v) is 4.46. The summed E-state index contributed by atoms with van der Waals surface area (Å²) in [6, 6.07) is 24.6. The quantitative estimate of drug-likeness (QED) is 0.329. The van der Waals surface area contributed by atoms with E-state index in [2.05, 4.69) is 34.2 Å². The number of aromatic nitrogens is 4. The Morgan fingerprint density at radius 2 is 1.21 bits per heavy atom. The van der Waals surface area contributed by atoms with Gasteiger partial charge in [-0.05, 0) is 29.8 Å². The van der Waals surface area contributed by atoms with E-state index in [1.165, 1.54) is 5.56 Å². The molecule has 5 rings (SSSR count). The van der Waals surface area contributed by atoms with Crippen molar-refractivity contribution in [1.82, 2.24) is 19.9 Å². The maximum atomic E-state index is 4.74. The number of hydrogen-bond acceptors (Lipinski definition) is 2. The van der Waals surface area contributed by atoms with Crippen molar-refractivity contribution < 1.29 is 44.3 Å². The van der Waals surface area contributed by atoms with Crippen LogP contribution >= 0.6 is 0 Å². The van der Waals surface area contributed by atoms with Gasteiger partial charge in [0.25, 0.3) is 0 Å². The van der Waals surface area contributed by atoms with E-state index in [4.69, 9.17) is 9.97 Å². The molecule has 0 saturated carbocycles. The maximum absolute atomic E-state index is 4.74. The van der Waals surface area contributed by atoms with Crippen LogP contribution in [0.5, 0.6) is 0 Å². The van der Waals surface area contributed by atoms with Crippen molar-refractivity contribution in [3.05, 3.63) is 84.2 Å². The Morgan fingerprint density at radius 3 is 1.89 bits per heavy atom. The average molecular weight is 461 g/mol. The molecule has 3 aromatic carbocycles. The summed E-state index contributed by atoms with van der Waals surface area (Å²) in [5.41, 5.74) is 6.41. The van der Waals surface area contributed by atoms with Crippen molar-refractivity contribution in [3.8, 4) is 11.4 Å². The second-order valence-corrected chi connectivity index (χ2v) is 6.14. The predicted octanol–water partition coefficient (Wildman–Crippen LogP) is -1.30. The Hall–Kier alpha value is -2.20. The fraction of sp³-hybridized carbons (Fsp3) is 0.0476. The van der Waals surface area contributed by atoms with Crippen LogP contribution in [0, 0.1) is 0 Å². The molecule has 0 radical (unpaired) electrons. The van der Waals surface area contributed by atoms with E-state index < -0.39 is 0 Å². The average Bonchev–Trinajstić information content (AvgIpc) is 3.25. The van der Waals surface area contributed by atoms with Gasteiger partial charge in [0, 0.05) is 12.0 Å². The van der Waals surface area contributed by atoms with E-state index in [9.17, 15) is 0 Å². The Morgan fingerprint density at radius 1 is 0.643 bits per heavy atom. The molecule has 28 heavy (non-hydrogen) atoms. The van der Waals surface area contributed by atoms with Crippen LogP contribution in [0.25, 0.3) is 33.5 Å². The first-order chi connectivity index (χ1) is 12.4. The number of benzene rings is 3. The topological polar surface area (TPSA) is 57.4 Å². The van der Waals surface area contributed by atoms with E-state index in [-0.39, 0.29) is 44.3 Å². The van der Waals surface area contributed by atoms with E-state index >= 15 is 0 Å². The Balaban J connectivity index is 0.000000934. The minimum absolute atomic E-state index is 0. The summed E-state index contributed by atoms with van der Waals surface area (Å²) >= 11 is 0. The number of para-hydroxylation sites is 4. The number of halogens is 2. The molecule has 0 saturated heterocycles. The first kappa shape index (κ1) is 22.1. The minimum Gasteiger partial charge on any atom is -1.00 e. The smallest absolute Gasteiger partial charge is 1.00 e. The molecular weight excluding hydrogens is 445 g/mol. The van der Waals surface area contributed by atoms with Gasteiger partial charge in [0.15, 0.2) is 0 Å². The molecule has 4 nitrogen and oxygen atoms in total. The molecule has 0 amide bonds.